The lowest BCUT2D eigenvalue weighted by Gasteiger charge is -2.14. The molecule has 0 heterocycles. The lowest BCUT2D eigenvalue weighted by molar-refractivity contribution is -0.384. The third-order valence-corrected chi connectivity index (χ3v) is 5.12. The Balaban J connectivity index is 1.94. The maximum Gasteiger partial charge on any atom is 0.270 e. The van der Waals surface area contributed by atoms with Gasteiger partial charge in [0, 0.05) is 16.6 Å². The van der Waals surface area contributed by atoms with Crippen molar-refractivity contribution in [1.29, 1.82) is 5.26 Å². The predicted molar refractivity (Wildman–Crippen MR) is 123 cm³/mol. The van der Waals surface area contributed by atoms with Crippen LogP contribution in [0.3, 0.4) is 0 Å². The van der Waals surface area contributed by atoms with Crippen molar-refractivity contribution in [1.82, 2.24) is 0 Å². The maximum atomic E-state index is 13.4. The highest BCUT2D eigenvalue weighted by molar-refractivity contribution is 9.10. The number of nitro groups is 1. The third kappa shape index (κ3) is 5.71. The smallest absolute Gasteiger partial charge is 0.270 e. The molecule has 0 saturated carbocycles. The first-order chi connectivity index (χ1) is 15.4. The molecule has 32 heavy (non-hydrogen) atoms. The zero-order valence-corrected chi connectivity index (χ0v) is 18.6. The summed E-state index contributed by atoms with van der Waals surface area (Å²) in [6.45, 7) is 2.37. The van der Waals surface area contributed by atoms with Crippen molar-refractivity contribution in [2.45, 2.75) is 13.5 Å². The highest BCUT2D eigenvalue weighted by atomic mass is 79.9. The van der Waals surface area contributed by atoms with E-state index < -0.39 is 4.92 Å². The number of halogens is 2. The van der Waals surface area contributed by atoms with E-state index in [-0.39, 0.29) is 23.7 Å². The van der Waals surface area contributed by atoms with Crippen molar-refractivity contribution in [3.63, 3.8) is 0 Å². The molecule has 0 aliphatic carbocycles. The Morgan fingerprint density at radius 2 is 1.91 bits per heavy atom. The molecule has 0 atom stereocenters. The molecule has 8 heteroatoms. The summed E-state index contributed by atoms with van der Waals surface area (Å²) in [7, 11) is 0. The zero-order valence-electron chi connectivity index (χ0n) is 17.0. The van der Waals surface area contributed by atoms with Gasteiger partial charge in [0.25, 0.3) is 5.69 Å². The number of allylic oxidation sites excluding steroid dienone is 1. The summed E-state index contributed by atoms with van der Waals surface area (Å²) < 4.78 is 25.6. The van der Waals surface area contributed by atoms with E-state index in [9.17, 15) is 19.8 Å². The molecule has 0 aromatic heterocycles. The van der Waals surface area contributed by atoms with E-state index >= 15 is 0 Å². The van der Waals surface area contributed by atoms with Crippen molar-refractivity contribution in [2.75, 3.05) is 6.61 Å². The Labute approximate surface area is 192 Å². The number of nitrogens with zero attached hydrogens (tertiary/aromatic N) is 2. The molecule has 162 valence electrons. The van der Waals surface area contributed by atoms with Crippen molar-refractivity contribution >= 4 is 33.3 Å². The van der Waals surface area contributed by atoms with Gasteiger partial charge in [0.1, 0.15) is 12.4 Å². The fourth-order valence-corrected chi connectivity index (χ4v) is 3.39. The van der Waals surface area contributed by atoms with Crippen LogP contribution in [0.1, 0.15) is 23.6 Å². The van der Waals surface area contributed by atoms with E-state index in [1.165, 1.54) is 30.3 Å². The second-order valence-corrected chi connectivity index (χ2v) is 7.50. The number of nitriles is 1. The van der Waals surface area contributed by atoms with E-state index in [4.69, 9.17) is 9.47 Å². The van der Waals surface area contributed by atoms with Crippen LogP contribution in [0.15, 0.2) is 65.1 Å². The van der Waals surface area contributed by atoms with Gasteiger partial charge in [0.15, 0.2) is 11.5 Å². The van der Waals surface area contributed by atoms with Gasteiger partial charge < -0.3 is 9.47 Å². The lowest BCUT2D eigenvalue weighted by atomic mass is 10.0. The number of rotatable bonds is 8. The monoisotopic (exact) mass is 496 g/mol. The van der Waals surface area contributed by atoms with E-state index in [1.807, 2.05) is 6.92 Å². The summed E-state index contributed by atoms with van der Waals surface area (Å²) in [6.07, 6.45) is 1.61. The van der Waals surface area contributed by atoms with Gasteiger partial charge in [0.2, 0.25) is 0 Å². The molecule has 0 aliphatic heterocycles. The molecule has 6 nitrogen and oxygen atoms in total. The molecule has 0 aliphatic rings. The van der Waals surface area contributed by atoms with Gasteiger partial charge in [-0.15, -0.1) is 0 Å². The fourth-order valence-electron chi connectivity index (χ4n) is 2.95. The standard InChI is InChI=1S/C24H18BrFN2O4/c1-2-31-23-12-18(10-19(14-27)17-6-4-8-21(11-17)28(29)30)22(25)13-24(23)32-15-16-5-3-7-20(26)9-16/h3-13H,2,15H2,1H3/b19-10-. The molecule has 3 aromatic carbocycles. The third-order valence-electron chi connectivity index (χ3n) is 4.43. The number of hydrogen-bond donors (Lipinski definition) is 0. The minimum atomic E-state index is -0.508. The molecule has 3 rings (SSSR count). The summed E-state index contributed by atoms with van der Waals surface area (Å²) in [4.78, 5) is 10.6. The first-order valence-corrected chi connectivity index (χ1v) is 10.4. The number of ether oxygens (including phenoxy) is 2. The average Bonchev–Trinajstić information content (AvgIpc) is 2.78. The Kier molecular flexibility index (Phi) is 7.58. The van der Waals surface area contributed by atoms with Gasteiger partial charge in [-0.3, -0.25) is 10.1 Å². The van der Waals surface area contributed by atoms with Crippen LogP contribution in [-0.4, -0.2) is 11.5 Å². The Morgan fingerprint density at radius 1 is 1.16 bits per heavy atom. The van der Waals surface area contributed by atoms with E-state index in [2.05, 4.69) is 22.0 Å². The van der Waals surface area contributed by atoms with E-state index in [0.717, 1.165) is 0 Å². The average molecular weight is 497 g/mol. The number of non-ortho nitro benzene ring substituents is 1. The quantitative estimate of drug-likeness (QED) is 0.153. The minimum absolute atomic E-state index is 0.0983. The summed E-state index contributed by atoms with van der Waals surface area (Å²) >= 11 is 3.48. The zero-order chi connectivity index (χ0) is 23.1. The SMILES string of the molecule is CCOc1cc(/C=C(/C#N)c2cccc([N+](=O)[O-])c2)c(Br)cc1OCc1cccc(F)c1. The van der Waals surface area contributed by atoms with Gasteiger partial charge in [-0.25, -0.2) is 4.39 Å². The molecule has 0 N–H and O–H groups in total. The first kappa shape index (κ1) is 23.0. The fraction of sp³-hybridized carbons (Fsp3) is 0.125. The number of benzene rings is 3. The second-order valence-electron chi connectivity index (χ2n) is 6.65. The molecule has 0 unspecified atom stereocenters. The van der Waals surface area contributed by atoms with Gasteiger partial charge in [-0.1, -0.05) is 40.2 Å². The maximum absolute atomic E-state index is 13.4. The van der Waals surface area contributed by atoms with Crippen molar-refractivity contribution in [2.24, 2.45) is 0 Å². The summed E-state index contributed by atoms with van der Waals surface area (Å²) in [5.74, 6) is 0.562. The summed E-state index contributed by atoms with van der Waals surface area (Å²) in [5, 5.41) is 20.7. The van der Waals surface area contributed by atoms with Crippen LogP contribution in [0.2, 0.25) is 0 Å². The molecule has 0 amide bonds. The largest absolute Gasteiger partial charge is 0.490 e. The van der Waals surface area contributed by atoms with Crippen LogP contribution in [0.5, 0.6) is 11.5 Å². The number of hydrogen-bond acceptors (Lipinski definition) is 5. The van der Waals surface area contributed by atoms with E-state index in [0.29, 0.717) is 39.3 Å². The molecule has 0 spiro atoms. The number of nitro benzene ring substituents is 1. The lowest BCUT2D eigenvalue weighted by Crippen LogP contribution is -2.01. The van der Waals surface area contributed by atoms with E-state index in [1.54, 1.807) is 36.4 Å². The van der Waals surface area contributed by atoms with Crippen LogP contribution in [0, 0.1) is 27.3 Å². The molecule has 0 bridgehead atoms. The molecule has 0 radical (unpaired) electrons. The highest BCUT2D eigenvalue weighted by Gasteiger charge is 2.13. The highest BCUT2D eigenvalue weighted by Crippen LogP contribution is 2.36. The van der Waals surface area contributed by atoms with Gasteiger partial charge in [0.05, 0.1) is 23.2 Å². The van der Waals surface area contributed by atoms with Crippen LogP contribution in [0.4, 0.5) is 10.1 Å². The van der Waals surface area contributed by atoms with Crippen LogP contribution in [-0.2, 0) is 6.61 Å². The Bertz CT molecular complexity index is 1220. The Morgan fingerprint density at radius 3 is 2.59 bits per heavy atom. The first-order valence-electron chi connectivity index (χ1n) is 9.61. The van der Waals surface area contributed by atoms with Gasteiger partial charge in [-0.2, -0.15) is 5.26 Å². The van der Waals surface area contributed by atoms with Gasteiger partial charge >= 0.3 is 0 Å². The Hall–Kier alpha value is -3.70. The molecule has 0 saturated heterocycles. The molecule has 3 aromatic rings. The van der Waals surface area contributed by atoms with Crippen LogP contribution >= 0.6 is 15.9 Å². The summed E-state index contributed by atoms with van der Waals surface area (Å²) in [5.41, 5.74) is 1.89. The molecule has 0 fully saturated rings. The topological polar surface area (TPSA) is 85.4 Å². The van der Waals surface area contributed by atoms with Crippen molar-refractivity contribution in [3.8, 4) is 17.6 Å². The van der Waals surface area contributed by atoms with Crippen molar-refractivity contribution in [3.05, 3.63) is 97.8 Å². The van der Waals surface area contributed by atoms with Crippen LogP contribution < -0.4 is 9.47 Å². The molecular formula is C24H18BrFN2O4. The van der Waals surface area contributed by atoms with Crippen molar-refractivity contribution < 1.29 is 18.8 Å². The minimum Gasteiger partial charge on any atom is -0.490 e. The normalized spacial score (nSPS) is 11.0. The second kappa shape index (κ2) is 10.6. The van der Waals surface area contributed by atoms with Crippen LogP contribution in [0.25, 0.3) is 11.6 Å². The van der Waals surface area contributed by atoms with Gasteiger partial charge in [-0.05, 0) is 54.0 Å². The molecular weight excluding hydrogens is 479 g/mol. The predicted octanol–water partition coefficient (Wildman–Crippen LogP) is 6.54. The summed E-state index contributed by atoms with van der Waals surface area (Å²) in [6, 6.07) is 17.5.